The zero-order valence-corrected chi connectivity index (χ0v) is 14.7. The Morgan fingerprint density at radius 2 is 1.96 bits per heavy atom. The summed E-state index contributed by atoms with van der Waals surface area (Å²) >= 11 is 5.88. The maximum Gasteiger partial charge on any atom is 0.251 e. The summed E-state index contributed by atoms with van der Waals surface area (Å²) in [5, 5.41) is 3.71. The van der Waals surface area contributed by atoms with Crippen LogP contribution in [0.25, 0.3) is 0 Å². The van der Waals surface area contributed by atoms with E-state index in [1.807, 2.05) is 32.0 Å². The number of fused-ring (bicyclic) bond motifs is 1. The van der Waals surface area contributed by atoms with E-state index in [-0.39, 0.29) is 17.6 Å². The lowest BCUT2D eigenvalue weighted by Gasteiger charge is -2.38. The van der Waals surface area contributed by atoms with Crippen LogP contribution in [0.4, 0.5) is 0 Å². The number of ether oxygens (including phenoxy) is 2. The maximum atomic E-state index is 12.5. The van der Waals surface area contributed by atoms with Crippen molar-refractivity contribution in [3.63, 3.8) is 0 Å². The van der Waals surface area contributed by atoms with Gasteiger partial charge in [-0.05, 0) is 50.2 Å². The molecule has 1 aliphatic rings. The van der Waals surface area contributed by atoms with Crippen molar-refractivity contribution in [3.8, 4) is 11.5 Å². The molecule has 0 spiro atoms. The van der Waals surface area contributed by atoms with E-state index in [4.69, 9.17) is 21.1 Å². The Morgan fingerprint density at radius 3 is 2.62 bits per heavy atom. The van der Waals surface area contributed by atoms with Gasteiger partial charge in [-0.25, -0.2) is 0 Å². The SMILES string of the molecule is COc1ccc2c(c1)OC(C)(C)C[C@H]2NC(=O)c1ccc(Cl)cc1. The first kappa shape index (κ1) is 16.7. The molecule has 24 heavy (non-hydrogen) atoms. The molecule has 1 amide bonds. The van der Waals surface area contributed by atoms with Crippen LogP contribution in [0.3, 0.4) is 0 Å². The molecule has 3 rings (SSSR count). The molecule has 1 atom stereocenters. The first-order chi connectivity index (χ1) is 11.4. The van der Waals surface area contributed by atoms with E-state index in [1.165, 1.54) is 0 Å². The highest BCUT2D eigenvalue weighted by Crippen LogP contribution is 2.41. The zero-order chi connectivity index (χ0) is 17.3. The van der Waals surface area contributed by atoms with Crippen molar-refractivity contribution in [2.24, 2.45) is 0 Å². The van der Waals surface area contributed by atoms with Gasteiger partial charge in [0, 0.05) is 28.6 Å². The molecule has 0 radical (unpaired) electrons. The van der Waals surface area contributed by atoms with E-state index >= 15 is 0 Å². The zero-order valence-electron chi connectivity index (χ0n) is 13.9. The number of carbonyl (C=O) groups is 1. The number of nitrogens with one attached hydrogen (secondary N) is 1. The van der Waals surface area contributed by atoms with Crippen molar-refractivity contribution in [2.75, 3.05) is 7.11 Å². The average Bonchev–Trinajstić information content (AvgIpc) is 2.53. The monoisotopic (exact) mass is 345 g/mol. The predicted molar refractivity (Wildman–Crippen MR) is 94.0 cm³/mol. The second-order valence-electron chi connectivity index (χ2n) is 6.50. The van der Waals surface area contributed by atoms with E-state index in [0.717, 1.165) is 17.1 Å². The molecule has 126 valence electrons. The van der Waals surface area contributed by atoms with Crippen LogP contribution < -0.4 is 14.8 Å². The van der Waals surface area contributed by atoms with E-state index < -0.39 is 0 Å². The molecule has 0 saturated heterocycles. The average molecular weight is 346 g/mol. The summed E-state index contributed by atoms with van der Waals surface area (Å²) in [4.78, 5) is 12.5. The van der Waals surface area contributed by atoms with Gasteiger partial charge in [0.1, 0.15) is 17.1 Å². The van der Waals surface area contributed by atoms with Crippen LogP contribution in [0.15, 0.2) is 42.5 Å². The normalized spacial score (nSPS) is 18.2. The fraction of sp³-hybridized carbons (Fsp3) is 0.316. The van der Waals surface area contributed by atoms with Gasteiger partial charge in [0.25, 0.3) is 5.91 Å². The summed E-state index contributed by atoms with van der Waals surface area (Å²) in [7, 11) is 1.62. The van der Waals surface area contributed by atoms with Gasteiger partial charge >= 0.3 is 0 Å². The predicted octanol–water partition coefficient (Wildman–Crippen LogP) is 4.38. The van der Waals surface area contributed by atoms with Crippen molar-refractivity contribution in [2.45, 2.75) is 31.9 Å². The van der Waals surface area contributed by atoms with Crippen LogP contribution in [-0.4, -0.2) is 18.6 Å². The minimum Gasteiger partial charge on any atom is -0.497 e. The molecule has 1 N–H and O–H groups in total. The number of amides is 1. The van der Waals surface area contributed by atoms with Crippen molar-refractivity contribution < 1.29 is 14.3 Å². The Labute approximate surface area is 146 Å². The number of halogens is 1. The van der Waals surface area contributed by atoms with Crippen LogP contribution >= 0.6 is 11.6 Å². The van der Waals surface area contributed by atoms with E-state index in [0.29, 0.717) is 17.0 Å². The summed E-state index contributed by atoms with van der Waals surface area (Å²) < 4.78 is 11.3. The molecule has 0 aliphatic carbocycles. The fourth-order valence-electron chi connectivity index (χ4n) is 2.93. The van der Waals surface area contributed by atoms with Gasteiger partial charge in [-0.2, -0.15) is 0 Å². The van der Waals surface area contributed by atoms with E-state index in [9.17, 15) is 4.79 Å². The number of hydrogen-bond donors (Lipinski definition) is 1. The third-order valence-corrected chi connectivity index (χ3v) is 4.34. The number of hydrogen-bond acceptors (Lipinski definition) is 3. The summed E-state index contributed by atoms with van der Waals surface area (Å²) in [6.45, 7) is 4.02. The standard InChI is InChI=1S/C19H20ClNO3/c1-19(2)11-16(15-9-8-14(23-3)10-17(15)24-19)21-18(22)12-4-6-13(20)7-5-12/h4-10,16H,11H2,1-3H3,(H,21,22)/t16-/m1/s1. The smallest absolute Gasteiger partial charge is 0.251 e. The van der Waals surface area contributed by atoms with Crippen LogP contribution in [0, 0.1) is 0 Å². The topological polar surface area (TPSA) is 47.6 Å². The lowest BCUT2D eigenvalue weighted by Crippen LogP contribution is -2.41. The lowest BCUT2D eigenvalue weighted by molar-refractivity contribution is 0.0617. The molecule has 0 aromatic heterocycles. The Balaban J connectivity index is 1.88. The number of carbonyl (C=O) groups excluding carboxylic acids is 1. The first-order valence-electron chi connectivity index (χ1n) is 7.81. The van der Waals surface area contributed by atoms with Crippen LogP contribution in [0.1, 0.15) is 42.2 Å². The van der Waals surface area contributed by atoms with Gasteiger partial charge in [0.15, 0.2) is 0 Å². The Hall–Kier alpha value is -2.20. The first-order valence-corrected chi connectivity index (χ1v) is 8.19. The molecular formula is C19H20ClNO3. The molecule has 2 aromatic rings. The number of benzene rings is 2. The summed E-state index contributed by atoms with van der Waals surface area (Å²) in [6.07, 6.45) is 0.686. The second kappa shape index (κ2) is 6.36. The third-order valence-electron chi connectivity index (χ3n) is 4.09. The molecule has 5 heteroatoms. The molecule has 4 nitrogen and oxygen atoms in total. The third kappa shape index (κ3) is 3.49. The molecule has 2 aromatic carbocycles. The highest BCUT2D eigenvalue weighted by Gasteiger charge is 2.34. The fourth-order valence-corrected chi connectivity index (χ4v) is 3.06. The second-order valence-corrected chi connectivity index (χ2v) is 6.94. The minimum absolute atomic E-state index is 0.127. The van der Waals surface area contributed by atoms with Crippen molar-refractivity contribution in [3.05, 3.63) is 58.6 Å². The van der Waals surface area contributed by atoms with Crippen LogP contribution in [0.2, 0.25) is 5.02 Å². The minimum atomic E-state index is -0.378. The Morgan fingerprint density at radius 1 is 1.25 bits per heavy atom. The van der Waals surface area contributed by atoms with Crippen molar-refractivity contribution >= 4 is 17.5 Å². The van der Waals surface area contributed by atoms with Crippen LogP contribution in [-0.2, 0) is 0 Å². The molecule has 0 unspecified atom stereocenters. The molecule has 1 aliphatic heterocycles. The van der Waals surface area contributed by atoms with E-state index in [2.05, 4.69) is 5.32 Å². The summed E-state index contributed by atoms with van der Waals surface area (Å²) in [5.74, 6) is 1.34. The van der Waals surface area contributed by atoms with Gasteiger partial charge in [0.2, 0.25) is 0 Å². The van der Waals surface area contributed by atoms with Crippen molar-refractivity contribution in [1.29, 1.82) is 0 Å². The van der Waals surface area contributed by atoms with Gasteiger partial charge in [-0.15, -0.1) is 0 Å². The molecule has 0 saturated carbocycles. The van der Waals surface area contributed by atoms with E-state index in [1.54, 1.807) is 31.4 Å². The number of rotatable bonds is 3. The highest BCUT2D eigenvalue weighted by atomic mass is 35.5. The van der Waals surface area contributed by atoms with Crippen LogP contribution in [0.5, 0.6) is 11.5 Å². The van der Waals surface area contributed by atoms with Gasteiger partial charge in [0.05, 0.1) is 13.2 Å². The Kier molecular flexibility index (Phi) is 4.41. The highest BCUT2D eigenvalue weighted by molar-refractivity contribution is 6.30. The molecule has 1 heterocycles. The van der Waals surface area contributed by atoms with Gasteiger partial charge in [-0.3, -0.25) is 4.79 Å². The molecule has 0 fully saturated rings. The largest absolute Gasteiger partial charge is 0.497 e. The molecular weight excluding hydrogens is 326 g/mol. The summed E-state index contributed by atoms with van der Waals surface area (Å²) in [5.41, 5.74) is 1.16. The quantitative estimate of drug-likeness (QED) is 0.898. The number of methoxy groups -OCH3 is 1. The Bertz CT molecular complexity index is 756. The summed E-state index contributed by atoms with van der Waals surface area (Å²) in [6, 6.07) is 12.4. The maximum absolute atomic E-state index is 12.5. The van der Waals surface area contributed by atoms with Gasteiger partial charge < -0.3 is 14.8 Å². The lowest BCUT2D eigenvalue weighted by atomic mass is 9.89. The molecule has 0 bridgehead atoms. The van der Waals surface area contributed by atoms with Gasteiger partial charge in [-0.1, -0.05) is 11.6 Å². The van der Waals surface area contributed by atoms with Crippen molar-refractivity contribution in [1.82, 2.24) is 5.32 Å².